The number of morpholine rings is 1. The van der Waals surface area contributed by atoms with Gasteiger partial charge in [0.1, 0.15) is 0 Å². The minimum atomic E-state index is -0.400. The molecule has 0 bridgehead atoms. The molecule has 1 unspecified atom stereocenters. The van der Waals surface area contributed by atoms with Crippen molar-refractivity contribution in [1.29, 1.82) is 0 Å². The van der Waals surface area contributed by atoms with Crippen LogP contribution in [-0.2, 0) is 14.3 Å². The Kier molecular flexibility index (Phi) is 6.69. The highest BCUT2D eigenvalue weighted by Gasteiger charge is 2.19. The second-order valence-corrected chi connectivity index (χ2v) is 5.92. The Morgan fingerprint density at radius 2 is 2.08 bits per heavy atom. The van der Waals surface area contributed by atoms with Crippen LogP contribution in [0, 0.1) is 0 Å². The van der Waals surface area contributed by atoms with Gasteiger partial charge in [-0.25, -0.2) is 4.79 Å². The SMILES string of the molecule is COC(=O)CC(C)NC(=O)Nc1cccc(Cl)c1N1CCOCC1. The van der Waals surface area contributed by atoms with E-state index in [0.717, 1.165) is 5.69 Å². The van der Waals surface area contributed by atoms with Crippen LogP contribution in [-0.4, -0.2) is 51.5 Å². The zero-order chi connectivity index (χ0) is 17.5. The monoisotopic (exact) mass is 355 g/mol. The topological polar surface area (TPSA) is 79.9 Å². The van der Waals surface area contributed by atoms with E-state index < -0.39 is 6.03 Å². The molecular formula is C16H22ClN3O4. The quantitative estimate of drug-likeness (QED) is 0.792. The van der Waals surface area contributed by atoms with Crippen LogP contribution in [0.4, 0.5) is 16.2 Å². The van der Waals surface area contributed by atoms with Gasteiger partial charge in [0.25, 0.3) is 0 Å². The molecule has 1 aromatic rings. The molecule has 8 heteroatoms. The third-order valence-electron chi connectivity index (χ3n) is 3.64. The van der Waals surface area contributed by atoms with Gasteiger partial charge in [-0.05, 0) is 19.1 Å². The van der Waals surface area contributed by atoms with Crippen LogP contribution in [0.1, 0.15) is 13.3 Å². The lowest BCUT2D eigenvalue weighted by molar-refractivity contribution is -0.141. The Labute approximate surface area is 146 Å². The number of para-hydroxylation sites is 1. The second kappa shape index (κ2) is 8.75. The molecule has 2 rings (SSSR count). The summed E-state index contributed by atoms with van der Waals surface area (Å²) in [7, 11) is 1.32. The van der Waals surface area contributed by atoms with Crippen LogP contribution in [0.2, 0.25) is 5.02 Å². The summed E-state index contributed by atoms with van der Waals surface area (Å²) in [6.07, 6.45) is 0.107. The molecule has 1 fully saturated rings. The van der Waals surface area contributed by atoms with Crippen LogP contribution in [0.25, 0.3) is 0 Å². The van der Waals surface area contributed by atoms with Gasteiger partial charge in [-0.2, -0.15) is 0 Å². The highest BCUT2D eigenvalue weighted by molar-refractivity contribution is 6.34. The fourth-order valence-electron chi connectivity index (χ4n) is 2.49. The van der Waals surface area contributed by atoms with Gasteiger partial charge in [-0.1, -0.05) is 17.7 Å². The van der Waals surface area contributed by atoms with E-state index in [0.29, 0.717) is 37.0 Å². The largest absolute Gasteiger partial charge is 0.469 e. The smallest absolute Gasteiger partial charge is 0.319 e. The minimum Gasteiger partial charge on any atom is -0.469 e. The summed E-state index contributed by atoms with van der Waals surface area (Å²) in [6.45, 7) is 4.38. The van der Waals surface area contributed by atoms with E-state index >= 15 is 0 Å². The van der Waals surface area contributed by atoms with Gasteiger partial charge in [0, 0.05) is 19.1 Å². The molecule has 0 aromatic heterocycles. The Morgan fingerprint density at radius 1 is 1.38 bits per heavy atom. The molecule has 24 heavy (non-hydrogen) atoms. The summed E-state index contributed by atoms with van der Waals surface area (Å²) in [4.78, 5) is 25.5. The number of carbonyl (C=O) groups excluding carboxylic acids is 2. The van der Waals surface area contributed by atoms with Crippen molar-refractivity contribution in [2.24, 2.45) is 0 Å². The van der Waals surface area contributed by atoms with Crippen LogP contribution in [0.5, 0.6) is 0 Å². The molecule has 132 valence electrons. The fourth-order valence-corrected chi connectivity index (χ4v) is 2.79. The number of halogens is 1. The van der Waals surface area contributed by atoms with Crippen LogP contribution < -0.4 is 15.5 Å². The molecule has 0 radical (unpaired) electrons. The van der Waals surface area contributed by atoms with Crippen LogP contribution in [0.3, 0.4) is 0 Å². The number of urea groups is 1. The number of amides is 2. The first-order valence-corrected chi connectivity index (χ1v) is 8.14. The molecule has 0 aliphatic carbocycles. The number of nitrogens with zero attached hydrogens (tertiary/aromatic N) is 1. The standard InChI is InChI=1S/C16H22ClN3O4/c1-11(10-14(21)23-2)18-16(22)19-13-5-3-4-12(17)15(13)20-6-8-24-9-7-20/h3-5,11H,6-10H2,1-2H3,(H2,18,19,22). The molecule has 0 spiro atoms. The zero-order valence-electron chi connectivity index (χ0n) is 13.8. The molecule has 1 saturated heterocycles. The van der Waals surface area contributed by atoms with Gasteiger partial charge in [0.2, 0.25) is 0 Å². The van der Waals surface area contributed by atoms with Gasteiger partial charge in [-0.15, -0.1) is 0 Å². The Morgan fingerprint density at radius 3 is 2.75 bits per heavy atom. The zero-order valence-corrected chi connectivity index (χ0v) is 14.6. The minimum absolute atomic E-state index is 0.107. The summed E-state index contributed by atoms with van der Waals surface area (Å²) < 4.78 is 9.94. The molecule has 1 atom stereocenters. The van der Waals surface area contributed by atoms with E-state index in [1.165, 1.54) is 7.11 Å². The molecular weight excluding hydrogens is 334 g/mol. The van der Waals surface area contributed by atoms with Crippen molar-refractivity contribution >= 4 is 35.0 Å². The second-order valence-electron chi connectivity index (χ2n) is 5.52. The lowest BCUT2D eigenvalue weighted by atomic mass is 10.2. The van der Waals surface area contributed by atoms with E-state index in [1.54, 1.807) is 25.1 Å². The summed E-state index contributed by atoms with van der Waals surface area (Å²) in [6, 6.07) is 4.61. The number of hydrogen-bond acceptors (Lipinski definition) is 5. The summed E-state index contributed by atoms with van der Waals surface area (Å²) in [5.74, 6) is -0.375. The number of esters is 1. The van der Waals surface area contributed by atoms with Crippen molar-refractivity contribution in [1.82, 2.24) is 5.32 Å². The molecule has 1 aliphatic rings. The van der Waals surface area contributed by atoms with E-state index in [2.05, 4.69) is 20.3 Å². The normalized spacial score (nSPS) is 15.5. The summed E-state index contributed by atoms with van der Waals surface area (Å²) in [5, 5.41) is 6.07. The maximum atomic E-state index is 12.2. The summed E-state index contributed by atoms with van der Waals surface area (Å²) >= 11 is 6.32. The van der Waals surface area contributed by atoms with Crippen molar-refractivity contribution in [2.75, 3.05) is 43.6 Å². The lowest BCUT2D eigenvalue weighted by Crippen LogP contribution is -2.39. The first kappa shape index (κ1) is 18.4. The Bertz CT molecular complexity index is 591. The first-order valence-electron chi connectivity index (χ1n) is 7.76. The molecule has 7 nitrogen and oxygen atoms in total. The number of rotatable bonds is 5. The molecule has 2 amide bonds. The first-order chi connectivity index (χ1) is 11.5. The number of nitrogens with one attached hydrogen (secondary N) is 2. The number of hydrogen-bond donors (Lipinski definition) is 2. The van der Waals surface area contributed by atoms with Gasteiger partial charge in [0.15, 0.2) is 0 Å². The highest BCUT2D eigenvalue weighted by Crippen LogP contribution is 2.34. The third kappa shape index (κ3) is 5.01. The maximum absolute atomic E-state index is 12.2. The maximum Gasteiger partial charge on any atom is 0.319 e. The molecule has 1 heterocycles. The number of benzene rings is 1. The van der Waals surface area contributed by atoms with E-state index in [4.69, 9.17) is 16.3 Å². The average molecular weight is 356 g/mol. The fraction of sp³-hybridized carbons (Fsp3) is 0.500. The average Bonchev–Trinajstić information content (AvgIpc) is 2.55. The predicted octanol–water partition coefficient (Wildman–Crippen LogP) is 2.25. The Balaban J connectivity index is 2.04. The van der Waals surface area contributed by atoms with Crippen molar-refractivity contribution in [3.63, 3.8) is 0 Å². The van der Waals surface area contributed by atoms with Crippen molar-refractivity contribution in [2.45, 2.75) is 19.4 Å². The highest BCUT2D eigenvalue weighted by atomic mass is 35.5. The molecule has 2 N–H and O–H groups in total. The number of carbonyl (C=O) groups is 2. The molecule has 1 aliphatic heterocycles. The van der Waals surface area contributed by atoms with Crippen molar-refractivity contribution < 1.29 is 19.1 Å². The lowest BCUT2D eigenvalue weighted by Gasteiger charge is -2.31. The number of methoxy groups -OCH3 is 1. The third-order valence-corrected chi connectivity index (χ3v) is 3.95. The Hall–Kier alpha value is -1.99. The molecule has 0 saturated carbocycles. The van der Waals surface area contributed by atoms with E-state index in [9.17, 15) is 9.59 Å². The molecule has 1 aromatic carbocycles. The van der Waals surface area contributed by atoms with Gasteiger partial charge in [0.05, 0.1) is 43.1 Å². The van der Waals surface area contributed by atoms with Crippen molar-refractivity contribution in [3.8, 4) is 0 Å². The van der Waals surface area contributed by atoms with Gasteiger partial charge in [-0.3, -0.25) is 4.79 Å². The van der Waals surface area contributed by atoms with Gasteiger partial charge < -0.3 is 25.0 Å². The van der Waals surface area contributed by atoms with Crippen molar-refractivity contribution in [3.05, 3.63) is 23.2 Å². The van der Waals surface area contributed by atoms with E-state index in [-0.39, 0.29) is 18.4 Å². The van der Waals surface area contributed by atoms with Gasteiger partial charge >= 0.3 is 12.0 Å². The predicted molar refractivity (Wildman–Crippen MR) is 92.7 cm³/mol. The van der Waals surface area contributed by atoms with Crippen LogP contribution in [0.15, 0.2) is 18.2 Å². The van der Waals surface area contributed by atoms with Crippen LogP contribution >= 0.6 is 11.6 Å². The number of ether oxygens (including phenoxy) is 2. The summed E-state index contributed by atoms with van der Waals surface area (Å²) in [5.41, 5.74) is 1.39. The van der Waals surface area contributed by atoms with E-state index in [1.807, 2.05) is 0 Å². The number of anilines is 2.